The van der Waals surface area contributed by atoms with Crippen molar-refractivity contribution in [3.63, 3.8) is 0 Å². The highest BCUT2D eigenvalue weighted by molar-refractivity contribution is 6.29. The number of carbonyl (C=O) groups is 2. The number of aryl methyl sites for hydroxylation is 1. The minimum atomic E-state index is -0.0759. The van der Waals surface area contributed by atoms with Crippen molar-refractivity contribution >= 4 is 23.4 Å². The van der Waals surface area contributed by atoms with Gasteiger partial charge >= 0.3 is 0 Å². The van der Waals surface area contributed by atoms with Crippen molar-refractivity contribution in [1.82, 2.24) is 15.0 Å². The minimum Gasteiger partial charge on any atom is -0.360 e. The molecule has 3 saturated heterocycles. The fraction of sp³-hybridized carbons (Fsp3) is 0.611. The Morgan fingerprint density at radius 3 is 2.88 bits per heavy atom. The van der Waals surface area contributed by atoms with Gasteiger partial charge in [0.05, 0.1) is 5.92 Å². The highest BCUT2D eigenvalue weighted by atomic mass is 35.5. The van der Waals surface area contributed by atoms with E-state index in [1.807, 2.05) is 23.6 Å². The molecule has 0 saturated carbocycles. The Labute approximate surface area is 152 Å². The Balaban J connectivity index is 1.63. The summed E-state index contributed by atoms with van der Waals surface area (Å²) in [6.45, 7) is 5.85. The van der Waals surface area contributed by atoms with Crippen molar-refractivity contribution < 1.29 is 14.1 Å². The van der Waals surface area contributed by atoms with E-state index in [-0.39, 0.29) is 23.8 Å². The quantitative estimate of drug-likeness (QED) is 0.752. The summed E-state index contributed by atoms with van der Waals surface area (Å²) in [5.74, 6) is 0.776. The number of carbonyl (C=O) groups excluding carboxylic acids is 2. The number of allylic oxidation sites excluding steroid dienone is 1. The molecule has 0 N–H and O–H groups in total. The lowest BCUT2D eigenvalue weighted by Crippen LogP contribution is -2.48. The summed E-state index contributed by atoms with van der Waals surface area (Å²) in [4.78, 5) is 29.1. The second kappa shape index (κ2) is 7.60. The first kappa shape index (κ1) is 18.0. The van der Waals surface area contributed by atoms with Gasteiger partial charge in [0.15, 0.2) is 5.15 Å². The smallest absolute Gasteiger partial charge is 0.228 e. The average Bonchev–Trinajstić information content (AvgIpc) is 2.80. The van der Waals surface area contributed by atoms with Gasteiger partial charge in [-0.1, -0.05) is 28.4 Å². The molecule has 2 atom stereocenters. The van der Waals surface area contributed by atoms with E-state index >= 15 is 0 Å². The highest BCUT2D eigenvalue weighted by Gasteiger charge is 2.41. The van der Waals surface area contributed by atoms with Gasteiger partial charge < -0.3 is 14.3 Å². The van der Waals surface area contributed by atoms with Crippen LogP contribution in [0.2, 0.25) is 5.15 Å². The van der Waals surface area contributed by atoms with Gasteiger partial charge in [-0.3, -0.25) is 9.59 Å². The van der Waals surface area contributed by atoms with E-state index < -0.39 is 0 Å². The molecule has 7 heteroatoms. The van der Waals surface area contributed by atoms with Gasteiger partial charge in [0, 0.05) is 44.6 Å². The molecule has 0 spiro atoms. The van der Waals surface area contributed by atoms with Crippen LogP contribution in [0.3, 0.4) is 0 Å². The van der Waals surface area contributed by atoms with Gasteiger partial charge in [-0.05, 0) is 26.7 Å². The van der Waals surface area contributed by atoms with Gasteiger partial charge in [-0.2, -0.15) is 0 Å². The van der Waals surface area contributed by atoms with Crippen molar-refractivity contribution in [2.24, 2.45) is 5.92 Å². The molecule has 25 heavy (non-hydrogen) atoms. The largest absolute Gasteiger partial charge is 0.360 e. The molecule has 4 heterocycles. The number of fused-ring (bicyclic) bond motifs is 4. The van der Waals surface area contributed by atoms with E-state index in [4.69, 9.17) is 16.1 Å². The lowest BCUT2D eigenvalue weighted by atomic mass is 9.94. The van der Waals surface area contributed by atoms with Crippen LogP contribution < -0.4 is 0 Å². The first-order valence-electron chi connectivity index (χ1n) is 8.76. The maximum Gasteiger partial charge on any atom is 0.228 e. The van der Waals surface area contributed by atoms with Crippen LogP contribution in [0.1, 0.15) is 38.9 Å². The molecular weight excluding hydrogens is 342 g/mol. The van der Waals surface area contributed by atoms with Gasteiger partial charge in [-0.25, -0.2) is 0 Å². The fourth-order valence-corrected chi connectivity index (χ4v) is 3.72. The van der Waals surface area contributed by atoms with Crippen molar-refractivity contribution in [2.45, 2.75) is 45.6 Å². The summed E-state index contributed by atoms with van der Waals surface area (Å²) in [5, 5.41) is 3.92. The van der Waals surface area contributed by atoms with Crippen LogP contribution in [-0.4, -0.2) is 52.4 Å². The summed E-state index contributed by atoms with van der Waals surface area (Å²) in [7, 11) is 0. The molecule has 6 nitrogen and oxygen atoms in total. The Morgan fingerprint density at radius 1 is 1.40 bits per heavy atom. The highest BCUT2D eigenvalue weighted by Crippen LogP contribution is 2.29. The summed E-state index contributed by atoms with van der Waals surface area (Å²) in [6.07, 6.45) is 4.73. The molecule has 0 radical (unpaired) electrons. The third-order valence-electron chi connectivity index (χ3n) is 4.96. The fourth-order valence-electron chi connectivity index (χ4n) is 3.56. The minimum absolute atomic E-state index is 0.0567. The number of amides is 2. The summed E-state index contributed by atoms with van der Waals surface area (Å²) in [6, 6.07) is 1.75. The molecule has 3 fully saturated rings. The standard InChI is InChI=1S/C18H24ClN3O3/c1-12(2)7-8-22-14-4-3-13(18(22)24)10-21(11-14)17(23)6-5-15-9-16(19)20-25-15/h7,9,13-14H,3-6,8,10-11H2,1-2H3. The second-order valence-corrected chi connectivity index (χ2v) is 7.50. The number of rotatable bonds is 5. The maximum absolute atomic E-state index is 12.7. The predicted octanol–water partition coefficient (Wildman–Crippen LogP) is 2.68. The van der Waals surface area contributed by atoms with Crippen LogP contribution >= 0.6 is 11.6 Å². The maximum atomic E-state index is 12.7. The summed E-state index contributed by atoms with van der Waals surface area (Å²) in [5.41, 5.74) is 1.20. The van der Waals surface area contributed by atoms with Crippen molar-refractivity contribution in [3.05, 3.63) is 28.6 Å². The normalized spacial score (nSPS) is 22.9. The van der Waals surface area contributed by atoms with E-state index in [2.05, 4.69) is 11.2 Å². The Kier molecular flexibility index (Phi) is 5.47. The first-order valence-corrected chi connectivity index (χ1v) is 9.14. The van der Waals surface area contributed by atoms with Crippen LogP contribution in [-0.2, 0) is 16.0 Å². The zero-order chi connectivity index (χ0) is 18.0. The van der Waals surface area contributed by atoms with Crippen LogP contribution in [0.4, 0.5) is 0 Å². The van der Waals surface area contributed by atoms with E-state index in [1.54, 1.807) is 6.07 Å². The topological polar surface area (TPSA) is 66.7 Å². The molecule has 0 aliphatic carbocycles. The molecule has 1 aromatic rings. The zero-order valence-electron chi connectivity index (χ0n) is 14.7. The second-order valence-electron chi connectivity index (χ2n) is 7.11. The SMILES string of the molecule is CC(C)=CCN1C(=O)C2CCC1CN(C(=O)CCc1cc(Cl)no1)C2. The number of hydrogen-bond acceptors (Lipinski definition) is 4. The first-order chi connectivity index (χ1) is 11.9. The van der Waals surface area contributed by atoms with Gasteiger partial charge in [-0.15, -0.1) is 0 Å². The molecule has 136 valence electrons. The van der Waals surface area contributed by atoms with Gasteiger partial charge in [0.2, 0.25) is 11.8 Å². The van der Waals surface area contributed by atoms with E-state index in [9.17, 15) is 9.59 Å². The molecule has 3 aliphatic rings. The van der Waals surface area contributed by atoms with Crippen molar-refractivity contribution in [3.8, 4) is 0 Å². The molecule has 3 aliphatic heterocycles. The number of halogens is 1. The van der Waals surface area contributed by atoms with E-state index in [0.29, 0.717) is 43.4 Å². The van der Waals surface area contributed by atoms with Crippen LogP contribution in [0.15, 0.2) is 22.2 Å². The molecule has 2 bridgehead atoms. The molecular formula is C18H24ClN3O3. The van der Waals surface area contributed by atoms with E-state index in [0.717, 1.165) is 12.8 Å². The monoisotopic (exact) mass is 365 g/mol. The molecule has 4 rings (SSSR count). The molecule has 2 amide bonds. The Bertz CT molecular complexity index is 681. The van der Waals surface area contributed by atoms with Crippen LogP contribution in [0, 0.1) is 5.92 Å². The molecule has 2 unspecified atom stereocenters. The lowest BCUT2D eigenvalue weighted by molar-refractivity contribution is -0.139. The van der Waals surface area contributed by atoms with Gasteiger partial charge in [0.25, 0.3) is 0 Å². The molecule has 0 aromatic carbocycles. The summed E-state index contributed by atoms with van der Waals surface area (Å²) < 4.78 is 5.05. The Hall–Kier alpha value is -1.82. The number of nitrogens with zero attached hydrogens (tertiary/aromatic N) is 3. The third-order valence-corrected chi connectivity index (χ3v) is 5.14. The van der Waals surface area contributed by atoms with Crippen LogP contribution in [0.25, 0.3) is 0 Å². The van der Waals surface area contributed by atoms with Gasteiger partial charge in [0.1, 0.15) is 5.76 Å². The summed E-state index contributed by atoms with van der Waals surface area (Å²) >= 11 is 5.73. The average molecular weight is 366 g/mol. The third kappa shape index (κ3) is 4.24. The number of piperidine rings is 1. The van der Waals surface area contributed by atoms with Crippen molar-refractivity contribution in [2.75, 3.05) is 19.6 Å². The predicted molar refractivity (Wildman–Crippen MR) is 94.1 cm³/mol. The van der Waals surface area contributed by atoms with E-state index in [1.165, 1.54) is 5.57 Å². The lowest BCUT2D eigenvalue weighted by Gasteiger charge is -2.35. The number of hydrogen-bond donors (Lipinski definition) is 0. The zero-order valence-corrected chi connectivity index (χ0v) is 15.5. The molecule has 1 aromatic heterocycles. The number of aromatic nitrogens is 1. The van der Waals surface area contributed by atoms with Crippen molar-refractivity contribution in [1.29, 1.82) is 0 Å². The Morgan fingerprint density at radius 2 is 2.20 bits per heavy atom. The van der Waals surface area contributed by atoms with Crippen LogP contribution in [0.5, 0.6) is 0 Å².